The first-order valence-electron chi connectivity index (χ1n) is 7.76. The molecule has 21 heavy (non-hydrogen) atoms. The van der Waals surface area contributed by atoms with Crippen molar-refractivity contribution in [3.8, 4) is 5.69 Å². The lowest BCUT2D eigenvalue weighted by molar-refractivity contribution is 0.616. The van der Waals surface area contributed by atoms with Crippen molar-refractivity contribution in [1.29, 1.82) is 0 Å². The molecular formula is C17H24FN3. The van der Waals surface area contributed by atoms with Gasteiger partial charge < -0.3 is 5.32 Å². The predicted molar refractivity (Wildman–Crippen MR) is 84.3 cm³/mol. The summed E-state index contributed by atoms with van der Waals surface area (Å²) in [5, 5.41) is 7.99. The van der Waals surface area contributed by atoms with Gasteiger partial charge in [0, 0.05) is 12.2 Å². The van der Waals surface area contributed by atoms with Crippen LogP contribution in [0.2, 0.25) is 0 Å². The molecule has 0 saturated carbocycles. The Hall–Kier alpha value is -1.68. The van der Waals surface area contributed by atoms with Crippen molar-refractivity contribution in [2.45, 2.75) is 46.6 Å². The summed E-state index contributed by atoms with van der Waals surface area (Å²) >= 11 is 0. The molecule has 0 fully saturated rings. The van der Waals surface area contributed by atoms with E-state index in [1.54, 1.807) is 6.07 Å². The minimum absolute atomic E-state index is 0.201. The quantitative estimate of drug-likeness (QED) is 0.789. The van der Waals surface area contributed by atoms with Gasteiger partial charge in [-0.2, -0.15) is 5.10 Å². The lowest BCUT2D eigenvalue weighted by Crippen LogP contribution is -2.16. The minimum Gasteiger partial charge on any atom is -0.313 e. The maximum atomic E-state index is 13.6. The van der Waals surface area contributed by atoms with Gasteiger partial charge in [0.2, 0.25) is 0 Å². The normalized spacial score (nSPS) is 11.0. The molecule has 0 aliphatic carbocycles. The van der Waals surface area contributed by atoms with Gasteiger partial charge in [0.05, 0.1) is 11.4 Å². The Morgan fingerprint density at radius 3 is 2.62 bits per heavy atom. The van der Waals surface area contributed by atoms with Crippen LogP contribution < -0.4 is 5.32 Å². The van der Waals surface area contributed by atoms with Crippen molar-refractivity contribution < 1.29 is 4.39 Å². The first-order chi connectivity index (χ1) is 10.2. The van der Waals surface area contributed by atoms with Gasteiger partial charge in [0.25, 0.3) is 0 Å². The molecule has 0 amide bonds. The standard InChI is InChI=1S/C17H24FN3/c1-4-9-19-12-13-10-14(18)7-8-17(13)21-16(6-3)11-15(5-2)20-21/h7-8,10-11,19H,4-6,9,12H2,1-3H3. The molecule has 1 aromatic heterocycles. The fourth-order valence-corrected chi connectivity index (χ4v) is 2.41. The smallest absolute Gasteiger partial charge is 0.123 e. The van der Waals surface area contributed by atoms with Crippen LogP contribution in [-0.4, -0.2) is 16.3 Å². The van der Waals surface area contributed by atoms with Crippen LogP contribution in [-0.2, 0) is 19.4 Å². The van der Waals surface area contributed by atoms with E-state index >= 15 is 0 Å². The maximum absolute atomic E-state index is 13.6. The third kappa shape index (κ3) is 3.70. The van der Waals surface area contributed by atoms with Crippen molar-refractivity contribution in [3.05, 3.63) is 47.0 Å². The summed E-state index contributed by atoms with van der Waals surface area (Å²) in [6.45, 7) is 7.92. The molecular weight excluding hydrogens is 265 g/mol. The maximum Gasteiger partial charge on any atom is 0.123 e. The molecule has 1 heterocycles. The molecule has 0 spiro atoms. The van der Waals surface area contributed by atoms with E-state index in [4.69, 9.17) is 0 Å². The molecule has 3 nitrogen and oxygen atoms in total. The van der Waals surface area contributed by atoms with E-state index in [0.29, 0.717) is 6.54 Å². The van der Waals surface area contributed by atoms with Gasteiger partial charge in [-0.05, 0) is 55.6 Å². The first-order valence-corrected chi connectivity index (χ1v) is 7.76. The lowest BCUT2D eigenvalue weighted by Gasteiger charge is -2.13. The number of aryl methyl sites for hydroxylation is 2. The van der Waals surface area contributed by atoms with Gasteiger partial charge in [-0.1, -0.05) is 20.8 Å². The van der Waals surface area contributed by atoms with Crippen molar-refractivity contribution in [2.24, 2.45) is 0 Å². The van der Waals surface area contributed by atoms with E-state index in [9.17, 15) is 4.39 Å². The number of nitrogens with zero attached hydrogens (tertiary/aromatic N) is 2. The monoisotopic (exact) mass is 289 g/mol. The summed E-state index contributed by atoms with van der Waals surface area (Å²) in [5.41, 5.74) is 4.15. The average Bonchev–Trinajstić information content (AvgIpc) is 2.91. The molecule has 0 unspecified atom stereocenters. The van der Waals surface area contributed by atoms with Gasteiger partial charge in [-0.3, -0.25) is 0 Å². The average molecular weight is 289 g/mol. The number of nitrogens with one attached hydrogen (secondary N) is 1. The minimum atomic E-state index is -0.201. The van der Waals surface area contributed by atoms with Crippen molar-refractivity contribution >= 4 is 0 Å². The Morgan fingerprint density at radius 1 is 1.14 bits per heavy atom. The highest BCUT2D eigenvalue weighted by atomic mass is 19.1. The molecule has 0 atom stereocenters. The first kappa shape index (κ1) is 15.7. The molecule has 2 aromatic rings. The second-order valence-electron chi connectivity index (χ2n) is 5.20. The fourth-order valence-electron chi connectivity index (χ4n) is 2.41. The van der Waals surface area contributed by atoms with Crippen LogP contribution >= 0.6 is 0 Å². The molecule has 4 heteroatoms. The third-order valence-electron chi connectivity index (χ3n) is 3.57. The van der Waals surface area contributed by atoms with E-state index in [2.05, 4.69) is 37.3 Å². The molecule has 0 aliphatic heterocycles. The van der Waals surface area contributed by atoms with Gasteiger partial charge in [0.1, 0.15) is 5.82 Å². The van der Waals surface area contributed by atoms with E-state index in [1.165, 1.54) is 6.07 Å². The van der Waals surface area contributed by atoms with Crippen LogP contribution in [0.5, 0.6) is 0 Å². The number of aromatic nitrogens is 2. The zero-order chi connectivity index (χ0) is 15.2. The predicted octanol–water partition coefficient (Wildman–Crippen LogP) is 3.64. The molecule has 1 N–H and O–H groups in total. The van der Waals surface area contributed by atoms with Crippen LogP contribution in [0.4, 0.5) is 4.39 Å². The lowest BCUT2D eigenvalue weighted by atomic mass is 10.1. The van der Waals surface area contributed by atoms with E-state index in [-0.39, 0.29) is 5.82 Å². The summed E-state index contributed by atoms with van der Waals surface area (Å²) in [4.78, 5) is 0. The second kappa shape index (κ2) is 7.36. The number of hydrogen-bond acceptors (Lipinski definition) is 2. The molecule has 0 aliphatic rings. The Bertz CT molecular complexity index is 590. The summed E-state index contributed by atoms with van der Waals surface area (Å²) in [7, 11) is 0. The van der Waals surface area contributed by atoms with E-state index in [1.807, 2.05) is 10.7 Å². The van der Waals surface area contributed by atoms with Crippen molar-refractivity contribution in [2.75, 3.05) is 6.54 Å². The van der Waals surface area contributed by atoms with Crippen LogP contribution in [0, 0.1) is 5.82 Å². The third-order valence-corrected chi connectivity index (χ3v) is 3.57. The fraction of sp³-hybridized carbons (Fsp3) is 0.471. The highest BCUT2D eigenvalue weighted by Gasteiger charge is 2.12. The summed E-state index contributed by atoms with van der Waals surface area (Å²) in [6, 6.07) is 7.06. The summed E-state index contributed by atoms with van der Waals surface area (Å²) < 4.78 is 15.5. The highest BCUT2D eigenvalue weighted by Crippen LogP contribution is 2.19. The van der Waals surface area contributed by atoms with Crippen molar-refractivity contribution in [1.82, 2.24) is 15.1 Å². The number of benzene rings is 1. The largest absolute Gasteiger partial charge is 0.313 e. The Labute approximate surface area is 126 Å². The number of hydrogen-bond donors (Lipinski definition) is 1. The van der Waals surface area contributed by atoms with Gasteiger partial charge in [-0.25, -0.2) is 9.07 Å². The number of halogens is 1. The molecule has 0 radical (unpaired) electrons. The zero-order valence-electron chi connectivity index (χ0n) is 13.1. The van der Waals surface area contributed by atoms with Crippen LogP contribution in [0.3, 0.4) is 0 Å². The molecule has 0 saturated heterocycles. The SMILES string of the molecule is CCCNCc1cc(F)ccc1-n1nc(CC)cc1CC. The van der Waals surface area contributed by atoms with Gasteiger partial charge in [0.15, 0.2) is 0 Å². The van der Waals surface area contributed by atoms with Crippen LogP contribution in [0.25, 0.3) is 5.69 Å². The van der Waals surface area contributed by atoms with Gasteiger partial charge in [-0.15, -0.1) is 0 Å². The Morgan fingerprint density at radius 2 is 1.95 bits per heavy atom. The highest BCUT2D eigenvalue weighted by molar-refractivity contribution is 5.42. The topological polar surface area (TPSA) is 29.9 Å². The Balaban J connectivity index is 2.40. The summed E-state index contributed by atoms with van der Waals surface area (Å²) in [5.74, 6) is -0.201. The van der Waals surface area contributed by atoms with E-state index < -0.39 is 0 Å². The molecule has 0 bridgehead atoms. The summed E-state index contributed by atoms with van der Waals surface area (Å²) in [6.07, 6.45) is 2.88. The Kier molecular flexibility index (Phi) is 5.51. The molecule has 114 valence electrons. The zero-order valence-corrected chi connectivity index (χ0v) is 13.1. The van der Waals surface area contributed by atoms with Crippen LogP contribution in [0.1, 0.15) is 44.1 Å². The van der Waals surface area contributed by atoms with Crippen LogP contribution in [0.15, 0.2) is 24.3 Å². The van der Waals surface area contributed by atoms with Crippen molar-refractivity contribution in [3.63, 3.8) is 0 Å². The second-order valence-corrected chi connectivity index (χ2v) is 5.20. The molecule has 2 rings (SSSR count). The number of rotatable bonds is 7. The molecule has 1 aromatic carbocycles. The van der Waals surface area contributed by atoms with E-state index in [0.717, 1.165) is 48.4 Å². The van der Waals surface area contributed by atoms with Gasteiger partial charge >= 0.3 is 0 Å².